The van der Waals surface area contributed by atoms with Gasteiger partial charge in [-0.2, -0.15) is 5.10 Å². The number of hydrogen-bond acceptors (Lipinski definition) is 6. The fourth-order valence-electron chi connectivity index (χ4n) is 3.99. The smallest absolute Gasteiger partial charge is 0.161 e. The van der Waals surface area contributed by atoms with Gasteiger partial charge in [0.1, 0.15) is 0 Å². The first-order chi connectivity index (χ1) is 15.6. The number of methoxy groups -OCH3 is 2. The molecule has 5 aromatic rings. The number of nitrogens with zero attached hydrogens (tertiary/aromatic N) is 2. The van der Waals surface area contributed by atoms with Crippen LogP contribution in [0.25, 0.3) is 33.1 Å². The van der Waals surface area contributed by atoms with Crippen LogP contribution in [-0.2, 0) is 6.42 Å². The molecule has 5 rings (SSSR count). The Balaban J connectivity index is 1.82. The summed E-state index contributed by atoms with van der Waals surface area (Å²) in [6.45, 7) is 0. The molecule has 0 saturated heterocycles. The fraction of sp³-hybridized carbons (Fsp3) is 0.120. The summed E-state index contributed by atoms with van der Waals surface area (Å²) in [5, 5.41) is 30.0. The third-order valence-electron chi connectivity index (χ3n) is 5.56. The molecule has 2 heterocycles. The molecule has 0 aliphatic heterocycles. The average Bonchev–Trinajstić information content (AvgIpc) is 3.22. The van der Waals surface area contributed by atoms with Crippen molar-refractivity contribution in [2.24, 2.45) is 0 Å². The van der Waals surface area contributed by atoms with Gasteiger partial charge in [0.05, 0.1) is 31.0 Å². The van der Waals surface area contributed by atoms with Crippen molar-refractivity contribution < 1.29 is 19.7 Å². The van der Waals surface area contributed by atoms with Crippen molar-refractivity contribution in [2.45, 2.75) is 6.42 Å². The summed E-state index contributed by atoms with van der Waals surface area (Å²) in [6.07, 6.45) is 0.644. The van der Waals surface area contributed by atoms with E-state index in [-0.39, 0.29) is 11.5 Å². The van der Waals surface area contributed by atoms with Crippen LogP contribution in [0.1, 0.15) is 11.3 Å². The van der Waals surface area contributed by atoms with Gasteiger partial charge in [0.25, 0.3) is 0 Å². The highest BCUT2D eigenvalue weighted by Crippen LogP contribution is 2.41. The molecule has 3 N–H and O–H groups in total. The summed E-state index contributed by atoms with van der Waals surface area (Å²) in [5.41, 5.74) is 3.91. The molecule has 7 heteroatoms. The van der Waals surface area contributed by atoms with Crippen molar-refractivity contribution in [1.29, 1.82) is 0 Å². The molecule has 0 amide bonds. The van der Waals surface area contributed by atoms with Gasteiger partial charge in [-0.15, -0.1) is 0 Å². The van der Waals surface area contributed by atoms with E-state index >= 15 is 0 Å². The van der Waals surface area contributed by atoms with Crippen LogP contribution in [0, 0.1) is 0 Å². The predicted octanol–water partition coefficient (Wildman–Crippen LogP) is 4.80. The van der Waals surface area contributed by atoms with E-state index in [0.717, 1.165) is 27.4 Å². The molecule has 0 aliphatic carbocycles. The lowest BCUT2D eigenvalue weighted by Crippen LogP contribution is -1.95. The highest BCUT2D eigenvalue weighted by Gasteiger charge is 2.19. The van der Waals surface area contributed by atoms with Crippen LogP contribution < -0.4 is 9.47 Å². The standard InChI is InChI=1S/C25H21N3O4/c1-31-21-12-16-17(13-22(21)32-2)24(15-8-9-19(29)20(30)11-15)26-25-23(16)18(27-28-25)10-14-6-4-3-5-7-14/h3-9,11-13,29-30H,10H2,1-2H3,(H,26,27,28). The van der Waals surface area contributed by atoms with E-state index in [1.807, 2.05) is 30.3 Å². The number of H-pyrrole nitrogens is 1. The molecule has 0 bridgehead atoms. The van der Waals surface area contributed by atoms with E-state index in [0.29, 0.717) is 34.8 Å². The quantitative estimate of drug-likeness (QED) is 0.349. The highest BCUT2D eigenvalue weighted by atomic mass is 16.5. The number of phenolic OH excluding ortho intramolecular Hbond substituents is 2. The second-order valence-electron chi connectivity index (χ2n) is 7.47. The lowest BCUT2D eigenvalue weighted by Gasteiger charge is -2.13. The number of aromatic nitrogens is 3. The normalized spacial score (nSPS) is 11.2. The number of nitrogens with one attached hydrogen (secondary N) is 1. The number of aromatic amines is 1. The Morgan fingerprint density at radius 2 is 1.56 bits per heavy atom. The van der Waals surface area contributed by atoms with Crippen molar-refractivity contribution >= 4 is 21.8 Å². The summed E-state index contributed by atoms with van der Waals surface area (Å²) >= 11 is 0. The zero-order chi connectivity index (χ0) is 22.2. The lowest BCUT2D eigenvalue weighted by molar-refractivity contribution is 0.356. The Morgan fingerprint density at radius 3 is 2.25 bits per heavy atom. The minimum atomic E-state index is -0.215. The number of aromatic hydroxyl groups is 2. The molecule has 0 radical (unpaired) electrons. The third kappa shape index (κ3) is 3.24. The van der Waals surface area contributed by atoms with E-state index in [9.17, 15) is 10.2 Å². The third-order valence-corrected chi connectivity index (χ3v) is 5.56. The summed E-state index contributed by atoms with van der Waals surface area (Å²) in [4.78, 5) is 4.83. The zero-order valence-electron chi connectivity index (χ0n) is 17.6. The number of rotatable bonds is 5. The summed E-state index contributed by atoms with van der Waals surface area (Å²) < 4.78 is 11.1. The summed E-state index contributed by atoms with van der Waals surface area (Å²) in [7, 11) is 3.18. The van der Waals surface area contributed by atoms with Crippen LogP contribution in [-0.4, -0.2) is 39.6 Å². The maximum absolute atomic E-state index is 10.1. The fourth-order valence-corrected chi connectivity index (χ4v) is 3.99. The highest BCUT2D eigenvalue weighted by molar-refractivity contribution is 6.12. The Morgan fingerprint density at radius 1 is 0.844 bits per heavy atom. The van der Waals surface area contributed by atoms with E-state index < -0.39 is 0 Å². The van der Waals surface area contributed by atoms with Crippen molar-refractivity contribution in [1.82, 2.24) is 15.2 Å². The van der Waals surface area contributed by atoms with E-state index in [1.54, 1.807) is 20.3 Å². The molecule has 7 nitrogen and oxygen atoms in total. The number of ether oxygens (including phenoxy) is 2. The Kier molecular flexibility index (Phi) is 4.78. The van der Waals surface area contributed by atoms with Gasteiger partial charge in [0.15, 0.2) is 28.6 Å². The van der Waals surface area contributed by atoms with Gasteiger partial charge in [-0.05, 0) is 35.9 Å². The largest absolute Gasteiger partial charge is 0.504 e. The molecule has 3 aromatic carbocycles. The molecule has 0 saturated carbocycles. The number of benzene rings is 3. The molecule has 32 heavy (non-hydrogen) atoms. The van der Waals surface area contributed by atoms with Crippen molar-refractivity contribution in [3.8, 4) is 34.3 Å². The van der Waals surface area contributed by atoms with Crippen LogP contribution in [0.15, 0.2) is 60.7 Å². The van der Waals surface area contributed by atoms with Gasteiger partial charge >= 0.3 is 0 Å². The number of phenols is 2. The van der Waals surface area contributed by atoms with E-state index in [1.165, 1.54) is 12.1 Å². The first kappa shape index (κ1) is 19.7. The molecular weight excluding hydrogens is 406 g/mol. The average molecular weight is 427 g/mol. The number of fused-ring (bicyclic) bond motifs is 3. The van der Waals surface area contributed by atoms with Gasteiger partial charge in [0.2, 0.25) is 0 Å². The molecule has 0 unspecified atom stereocenters. The van der Waals surface area contributed by atoms with Crippen LogP contribution in [0.5, 0.6) is 23.0 Å². The van der Waals surface area contributed by atoms with E-state index in [4.69, 9.17) is 14.5 Å². The summed E-state index contributed by atoms with van der Waals surface area (Å²) in [6, 6.07) is 18.6. The maximum Gasteiger partial charge on any atom is 0.161 e. The summed E-state index contributed by atoms with van der Waals surface area (Å²) in [5.74, 6) is 0.759. The van der Waals surface area contributed by atoms with Crippen LogP contribution >= 0.6 is 0 Å². The minimum Gasteiger partial charge on any atom is -0.504 e. The molecular formula is C25H21N3O4. The Hall–Kier alpha value is -4.26. The number of hydrogen-bond donors (Lipinski definition) is 3. The van der Waals surface area contributed by atoms with Crippen molar-refractivity contribution in [3.63, 3.8) is 0 Å². The van der Waals surface area contributed by atoms with Gasteiger partial charge in [-0.1, -0.05) is 30.3 Å². The SMILES string of the molecule is COc1cc2c(-c3ccc(O)c(O)c3)nc3[nH]nc(Cc4ccccc4)c3c2cc1OC. The topological polar surface area (TPSA) is 100 Å². The molecule has 0 atom stereocenters. The second kappa shape index (κ2) is 7.77. The first-order valence-electron chi connectivity index (χ1n) is 10.1. The van der Waals surface area contributed by atoms with Crippen molar-refractivity contribution in [2.75, 3.05) is 14.2 Å². The lowest BCUT2D eigenvalue weighted by atomic mass is 9.98. The van der Waals surface area contributed by atoms with Crippen LogP contribution in [0.3, 0.4) is 0 Å². The Bertz CT molecular complexity index is 1440. The minimum absolute atomic E-state index is 0.190. The maximum atomic E-state index is 10.1. The molecule has 0 fully saturated rings. The zero-order valence-corrected chi connectivity index (χ0v) is 17.6. The van der Waals surface area contributed by atoms with Gasteiger partial charge < -0.3 is 19.7 Å². The number of pyridine rings is 1. The van der Waals surface area contributed by atoms with Crippen LogP contribution in [0.4, 0.5) is 0 Å². The van der Waals surface area contributed by atoms with Crippen LogP contribution in [0.2, 0.25) is 0 Å². The van der Waals surface area contributed by atoms with E-state index in [2.05, 4.69) is 22.3 Å². The van der Waals surface area contributed by atoms with Gasteiger partial charge in [0, 0.05) is 22.8 Å². The molecule has 0 aliphatic rings. The van der Waals surface area contributed by atoms with Gasteiger partial charge in [-0.3, -0.25) is 5.10 Å². The second-order valence-corrected chi connectivity index (χ2v) is 7.47. The first-order valence-corrected chi connectivity index (χ1v) is 10.1. The van der Waals surface area contributed by atoms with Gasteiger partial charge in [-0.25, -0.2) is 4.98 Å². The Labute approximate surface area is 183 Å². The monoisotopic (exact) mass is 427 g/mol. The molecule has 0 spiro atoms. The van der Waals surface area contributed by atoms with Crippen molar-refractivity contribution in [3.05, 3.63) is 71.9 Å². The molecule has 160 valence electrons. The predicted molar refractivity (Wildman–Crippen MR) is 123 cm³/mol. The molecule has 2 aromatic heterocycles.